The van der Waals surface area contributed by atoms with Crippen molar-refractivity contribution in [2.75, 3.05) is 6.54 Å². The average Bonchev–Trinajstić information content (AvgIpc) is 2.88. The number of nitrogens with zero attached hydrogens (tertiary/aromatic N) is 1. The van der Waals surface area contributed by atoms with Crippen molar-refractivity contribution >= 4 is 49.6 Å². The predicted octanol–water partition coefficient (Wildman–Crippen LogP) is 0.639. The Kier molecular flexibility index (Phi) is 4.61. The summed E-state index contributed by atoms with van der Waals surface area (Å²) in [6.07, 6.45) is 3.23. The molecule has 1 aliphatic heterocycles. The van der Waals surface area contributed by atoms with Crippen LogP contribution in [0.4, 0.5) is 0 Å². The van der Waals surface area contributed by atoms with Crippen molar-refractivity contribution in [2.45, 2.75) is 6.04 Å². The number of carbonyl (C=O) groups is 2. The monoisotopic (exact) mass is 403 g/mol. The number of H-pyrrole nitrogens is 1. The van der Waals surface area contributed by atoms with E-state index >= 15 is 0 Å². The Balaban J connectivity index is 1.84. The molecule has 0 aromatic carbocycles. The van der Waals surface area contributed by atoms with Gasteiger partial charge in [-0.2, -0.15) is 0 Å². The summed E-state index contributed by atoms with van der Waals surface area (Å²) < 4.78 is 1.47. The molecule has 1 unspecified atom stereocenters. The van der Waals surface area contributed by atoms with Gasteiger partial charge in [0.15, 0.2) is 12.0 Å². The van der Waals surface area contributed by atoms with Gasteiger partial charge in [0.25, 0.3) is 11.8 Å². The van der Waals surface area contributed by atoms with E-state index in [0.29, 0.717) is 10.3 Å². The number of carbonyl (C=O) groups excluding carboxylic acids is 2. The molecule has 0 saturated heterocycles. The number of aliphatic imine (C=N–C) groups is 1. The Morgan fingerprint density at radius 1 is 1.55 bits per heavy atom. The van der Waals surface area contributed by atoms with Crippen LogP contribution in [0.15, 0.2) is 32.3 Å². The quantitative estimate of drug-likeness (QED) is 0.552. The summed E-state index contributed by atoms with van der Waals surface area (Å²) in [4.78, 5) is 29.8. The lowest BCUT2D eigenvalue weighted by atomic mass is 10.3. The molecule has 0 saturated carbocycles. The van der Waals surface area contributed by atoms with Crippen LogP contribution < -0.4 is 16.4 Å². The summed E-state index contributed by atoms with van der Waals surface area (Å²) in [6.45, 7) is 0.284. The molecule has 20 heavy (non-hydrogen) atoms. The summed E-state index contributed by atoms with van der Waals surface area (Å²) in [6, 6.07) is 1.04. The molecule has 0 bridgehead atoms. The van der Waals surface area contributed by atoms with Gasteiger partial charge in [0.05, 0.1) is 9.08 Å². The summed E-state index contributed by atoms with van der Waals surface area (Å²) in [5.74, 6) is -0.419. The Hall–Kier alpha value is -1.61. The van der Waals surface area contributed by atoms with Crippen LogP contribution in [0.1, 0.15) is 10.5 Å². The van der Waals surface area contributed by atoms with E-state index in [-0.39, 0.29) is 24.3 Å². The number of amides is 2. The van der Waals surface area contributed by atoms with Crippen LogP contribution in [0.25, 0.3) is 0 Å². The summed E-state index contributed by atoms with van der Waals surface area (Å²) in [5.41, 5.74) is 5.79. The van der Waals surface area contributed by atoms with Crippen molar-refractivity contribution in [3.8, 4) is 0 Å². The van der Waals surface area contributed by atoms with Gasteiger partial charge in [-0.25, -0.2) is 4.99 Å². The molecule has 2 rings (SSSR count). The molecule has 9 heteroatoms. The van der Waals surface area contributed by atoms with Crippen LogP contribution in [0.2, 0.25) is 0 Å². The van der Waals surface area contributed by atoms with Gasteiger partial charge < -0.3 is 16.0 Å². The van der Waals surface area contributed by atoms with Crippen molar-refractivity contribution in [3.63, 3.8) is 0 Å². The van der Waals surface area contributed by atoms with Crippen molar-refractivity contribution in [2.24, 2.45) is 10.7 Å². The highest BCUT2D eigenvalue weighted by molar-refractivity contribution is 9.13. The smallest absolute Gasteiger partial charge is 0.268 e. The van der Waals surface area contributed by atoms with E-state index < -0.39 is 6.04 Å². The maximum absolute atomic E-state index is 11.8. The van der Waals surface area contributed by atoms with Gasteiger partial charge in [0, 0.05) is 6.54 Å². The number of aromatic nitrogens is 1. The van der Waals surface area contributed by atoms with Gasteiger partial charge >= 0.3 is 0 Å². The third kappa shape index (κ3) is 3.48. The number of hydrogen-bond acceptors (Lipinski definition) is 4. The number of nitrogens with two attached hydrogens (primary N) is 1. The molecule has 1 atom stereocenters. The van der Waals surface area contributed by atoms with Crippen LogP contribution in [0.3, 0.4) is 0 Å². The lowest BCUT2D eigenvalue weighted by molar-refractivity contribution is -0.119. The number of hydrogen-bond donors (Lipinski definition) is 4. The molecule has 2 amide bonds. The zero-order valence-corrected chi connectivity index (χ0v) is 13.3. The van der Waals surface area contributed by atoms with E-state index in [9.17, 15) is 9.59 Å². The molecule has 1 aliphatic rings. The fourth-order valence-corrected chi connectivity index (χ4v) is 2.20. The van der Waals surface area contributed by atoms with Crippen LogP contribution in [0, 0.1) is 0 Å². The van der Waals surface area contributed by atoms with E-state index in [1.165, 1.54) is 0 Å². The highest BCUT2D eigenvalue weighted by Crippen LogP contribution is 2.22. The van der Waals surface area contributed by atoms with Crippen LogP contribution in [0.5, 0.6) is 0 Å². The first-order valence-corrected chi connectivity index (χ1v) is 7.19. The minimum Gasteiger partial charge on any atom is -0.370 e. The Morgan fingerprint density at radius 3 is 2.85 bits per heavy atom. The van der Waals surface area contributed by atoms with Gasteiger partial charge in [0.1, 0.15) is 5.69 Å². The van der Waals surface area contributed by atoms with Gasteiger partial charge in [-0.1, -0.05) is 12.2 Å². The zero-order valence-electron chi connectivity index (χ0n) is 10.1. The average molecular weight is 405 g/mol. The molecule has 7 nitrogen and oxygen atoms in total. The van der Waals surface area contributed by atoms with Crippen LogP contribution >= 0.6 is 31.9 Å². The van der Waals surface area contributed by atoms with E-state index in [4.69, 9.17) is 5.73 Å². The minimum absolute atomic E-state index is 0.106. The molecule has 0 fully saturated rings. The third-order valence-corrected chi connectivity index (χ3v) is 4.25. The maximum Gasteiger partial charge on any atom is 0.268 e. The van der Waals surface area contributed by atoms with Gasteiger partial charge in [-0.05, 0) is 37.9 Å². The second-order valence-electron chi connectivity index (χ2n) is 3.93. The topological polar surface area (TPSA) is 112 Å². The summed E-state index contributed by atoms with van der Waals surface area (Å²) in [7, 11) is 0. The summed E-state index contributed by atoms with van der Waals surface area (Å²) in [5, 5.41) is 5.07. The third-order valence-electron chi connectivity index (χ3n) is 2.47. The van der Waals surface area contributed by atoms with Crippen LogP contribution in [-0.2, 0) is 4.79 Å². The highest BCUT2D eigenvalue weighted by Gasteiger charge is 2.21. The molecule has 5 N–H and O–H groups in total. The first kappa shape index (κ1) is 14.8. The molecule has 106 valence electrons. The second-order valence-corrected chi connectivity index (χ2v) is 5.58. The molecule has 2 heterocycles. The number of halogens is 2. The fourth-order valence-electron chi connectivity index (χ4n) is 1.54. The number of nitrogens with one attached hydrogen (secondary N) is 3. The standard InChI is InChI=1S/C11H11Br2N5O2/c12-5-4-7(16-8(5)13)9(19)15-3-1-2-6-10(20)18-11(14)17-6/h1-2,4,6,16H,3H2,(H,15,19)(H3,14,17,18,20)/b2-1+. The van der Waals surface area contributed by atoms with Gasteiger partial charge in [0.2, 0.25) is 0 Å². The molecule has 0 radical (unpaired) electrons. The Bertz CT molecular complexity index is 588. The van der Waals surface area contributed by atoms with E-state index in [2.05, 4.69) is 52.5 Å². The predicted molar refractivity (Wildman–Crippen MR) is 81.2 cm³/mol. The minimum atomic E-state index is -0.624. The zero-order chi connectivity index (χ0) is 14.7. The summed E-state index contributed by atoms with van der Waals surface area (Å²) >= 11 is 6.54. The Morgan fingerprint density at radius 2 is 2.30 bits per heavy atom. The molecule has 1 aromatic rings. The van der Waals surface area contributed by atoms with E-state index in [1.54, 1.807) is 18.2 Å². The highest BCUT2D eigenvalue weighted by atomic mass is 79.9. The van der Waals surface area contributed by atoms with Crippen molar-refractivity contribution < 1.29 is 9.59 Å². The number of guanidine groups is 1. The molecular weight excluding hydrogens is 394 g/mol. The molecule has 1 aromatic heterocycles. The molecule has 0 spiro atoms. The number of aromatic amines is 1. The van der Waals surface area contributed by atoms with Crippen molar-refractivity contribution in [3.05, 3.63) is 33.0 Å². The SMILES string of the molecule is NC1=NC(/C=C/CNC(=O)c2cc(Br)c(Br)[nH]2)C(=O)N1. The first-order valence-electron chi connectivity index (χ1n) is 5.60. The first-order chi connectivity index (χ1) is 9.47. The molecular formula is C11H11Br2N5O2. The largest absolute Gasteiger partial charge is 0.370 e. The maximum atomic E-state index is 11.8. The van der Waals surface area contributed by atoms with E-state index in [0.717, 1.165) is 4.47 Å². The lowest BCUT2D eigenvalue weighted by Gasteiger charge is -2.00. The second kappa shape index (κ2) is 6.23. The van der Waals surface area contributed by atoms with Crippen molar-refractivity contribution in [1.29, 1.82) is 0 Å². The fraction of sp³-hybridized carbons (Fsp3) is 0.182. The van der Waals surface area contributed by atoms with Gasteiger partial charge in [-0.15, -0.1) is 0 Å². The van der Waals surface area contributed by atoms with Crippen molar-refractivity contribution in [1.82, 2.24) is 15.6 Å². The van der Waals surface area contributed by atoms with E-state index in [1.807, 2.05) is 0 Å². The lowest BCUT2D eigenvalue weighted by Crippen LogP contribution is -2.32. The van der Waals surface area contributed by atoms with Gasteiger partial charge in [-0.3, -0.25) is 14.9 Å². The van der Waals surface area contributed by atoms with Crippen LogP contribution in [-0.4, -0.2) is 35.3 Å². The normalized spacial score (nSPS) is 18.2. The molecule has 0 aliphatic carbocycles. The Labute approximate surface area is 131 Å². The number of rotatable bonds is 4.